The van der Waals surface area contributed by atoms with Crippen molar-refractivity contribution in [2.75, 3.05) is 6.26 Å². The molecule has 1 aliphatic heterocycles. The molecule has 0 saturated carbocycles. The van der Waals surface area contributed by atoms with Gasteiger partial charge in [-0.15, -0.1) is 0 Å². The minimum atomic E-state index is -3.58. The summed E-state index contributed by atoms with van der Waals surface area (Å²) in [4.78, 5) is 3.83. The first-order valence-corrected chi connectivity index (χ1v) is 10.3. The molecule has 2 heterocycles. The van der Waals surface area contributed by atoms with E-state index in [1.54, 1.807) is 24.3 Å². The summed E-state index contributed by atoms with van der Waals surface area (Å²) < 4.78 is 45.1. The van der Waals surface area contributed by atoms with Crippen LogP contribution in [0.5, 0.6) is 0 Å². The third-order valence-corrected chi connectivity index (χ3v) is 5.82. The second kappa shape index (κ2) is 6.40. The fourth-order valence-corrected chi connectivity index (χ4v) is 4.20. The molecule has 0 N–H and O–H groups in total. The molecule has 0 spiro atoms. The molecule has 0 radical (unpaired) electrons. The average molecular weight is 408 g/mol. The van der Waals surface area contributed by atoms with Crippen molar-refractivity contribution in [3.05, 3.63) is 76.8 Å². The maximum absolute atomic E-state index is 13.9. The number of ether oxygens (including phenoxy) is 1. The van der Waals surface area contributed by atoms with Crippen molar-refractivity contribution in [3.8, 4) is 0 Å². The molecule has 9 heteroatoms. The third kappa shape index (κ3) is 3.24. The Bertz CT molecular complexity index is 1120. The highest BCUT2D eigenvalue weighted by Crippen LogP contribution is 2.59. The molecule has 140 valence electrons. The fraction of sp³-hybridized carbons (Fsp3) is 0.222. The zero-order valence-corrected chi connectivity index (χ0v) is 15.8. The van der Waals surface area contributed by atoms with Crippen LogP contribution in [0.15, 0.2) is 60.0 Å². The zero-order chi connectivity index (χ0) is 19.2. The Balaban J connectivity index is 1.80. The van der Waals surface area contributed by atoms with Gasteiger partial charge in [-0.3, -0.25) is 0 Å². The molecule has 1 saturated heterocycles. The first kappa shape index (κ1) is 18.1. The fourth-order valence-electron chi connectivity index (χ4n) is 3.23. The van der Waals surface area contributed by atoms with Gasteiger partial charge in [0.05, 0.1) is 6.54 Å². The summed E-state index contributed by atoms with van der Waals surface area (Å²) in [6.45, 7) is 0.0503. The number of hydrogen-bond acceptors (Lipinski definition) is 5. The molecular weight excluding hydrogens is 393 g/mol. The lowest BCUT2D eigenvalue weighted by atomic mass is 9.91. The van der Waals surface area contributed by atoms with Gasteiger partial charge in [-0.05, 0) is 23.8 Å². The summed E-state index contributed by atoms with van der Waals surface area (Å²) in [5, 5.41) is 4.37. The van der Waals surface area contributed by atoms with E-state index < -0.39 is 27.4 Å². The smallest absolute Gasteiger partial charge is 0.245 e. The summed E-state index contributed by atoms with van der Waals surface area (Å²) in [5.74, 6) is -0.415. The molecule has 0 bridgehead atoms. The molecular formula is C18H15ClFN3O3S. The van der Waals surface area contributed by atoms with E-state index in [1.807, 2.05) is 12.1 Å². The first-order chi connectivity index (χ1) is 12.8. The molecule has 2 aromatic carbocycles. The molecule has 0 aliphatic carbocycles. The third-order valence-electron chi connectivity index (χ3n) is 4.49. The van der Waals surface area contributed by atoms with Crippen LogP contribution in [-0.4, -0.2) is 29.4 Å². The van der Waals surface area contributed by atoms with Gasteiger partial charge in [0.2, 0.25) is 15.0 Å². The number of nitrogens with zero attached hydrogens (tertiary/aromatic N) is 3. The van der Waals surface area contributed by atoms with Crippen LogP contribution < -0.4 is 0 Å². The van der Waals surface area contributed by atoms with Crippen LogP contribution in [0.25, 0.3) is 0 Å². The summed E-state index contributed by atoms with van der Waals surface area (Å²) in [6.07, 6.45) is 1.76. The van der Waals surface area contributed by atoms with Gasteiger partial charge in [0.25, 0.3) is 0 Å². The summed E-state index contributed by atoms with van der Waals surface area (Å²) in [6, 6.07) is 13.2. The molecule has 4 rings (SSSR count). The van der Waals surface area contributed by atoms with Gasteiger partial charge in [0.1, 0.15) is 23.8 Å². The second-order valence-electron chi connectivity index (χ2n) is 6.39. The summed E-state index contributed by atoms with van der Waals surface area (Å²) in [7, 11) is -3.58. The minimum absolute atomic E-state index is 0.0503. The van der Waals surface area contributed by atoms with E-state index in [0.717, 1.165) is 11.8 Å². The van der Waals surface area contributed by atoms with Crippen molar-refractivity contribution in [2.45, 2.75) is 23.4 Å². The van der Waals surface area contributed by atoms with Crippen molar-refractivity contribution < 1.29 is 17.5 Å². The molecule has 0 amide bonds. The molecule has 2 atom stereocenters. The predicted molar refractivity (Wildman–Crippen MR) is 96.5 cm³/mol. The molecule has 3 aromatic rings. The standard InChI is InChI=1S/C18H15ClFN3O3S/c1-27(24,25)17-21-11-22-23(17)10-18(12-5-4-6-13(20)9-12)16(26-18)14-7-2-3-8-15(14)19/h2-9,11,16H,10H2,1H3/t16-,18-/m0/s1. The lowest BCUT2D eigenvalue weighted by Gasteiger charge is -2.15. The maximum atomic E-state index is 13.9. The van der Waals surface area contributed by atoms with Crippen LogP contribution in [0.3, 0.4) is 0 Å². The van der Waals surface area contributed by atoms with Gasteiger partial charge in [0.15, 0.2) is 0 Å². The number of hydrogen-bond donors (Lipinski definition) is 0. The summed E-state index contributed by atoms with van der Waals surface area (Å²) in [5.41, 5.74) is 0.312. The number of sulfone groups is 1. The van der Waals surface area contributed by atoms with E-state index in [0.29, 0.717) is 10.6 Å². The van der Waals surface area contributed by atoms with Gasteiger partial charge in [-0.25, -0.2) is 22.5 Å². The Labute approximate surface area is 160 Å². The van der Waals surface area contributed by atoms with Crippen LogP contribution in [-0.2, 0) is 26.7 Å². The molecule has 1 aliphatic rings. The van der Waals surface area contributed by atoms with E-state index >= 15 is 0 Å². The number of benzene rings is 2. The highest BCUT2D eigenvalue weighted by atomic mass is 35.5. The molecule has 27 heavy (non-hydrogen) atoms. The van der Waals surface area contributed by atoms with E-state index in [-0.39, 0.29) is 11.7 Å². The van der Waals surface area contributed by atoms with Crippen LogP contribution in [0.2, 0.25) is 5.02 Å². The minimum Gasteiger partial charge on any atom is -0.354 e. The molecule has 0 unspecified atom stereocenters. The Morgan fingerprint density at radius 2 is 2.04 bits per heavy atom. The highest BCUT2D eigenvalue weighted by molar-refractivity contribution is 7.90. The van der Waals surface area contributed by atoms with Gasteiger partial charge in [-0.1, -0.05) is 41.9 Å². The largest absolute Gasteiger partial charge is 0.354 e. The number of rotatable bonds is 5. The van der Waals surface area contributed by atoms with Crippen LogP contribution in [0, 0.1) is 5.82 Å². The zero-order valence-electron chi connectivity index (χ0n) is 14.2. The Morgan fingerprint density at radius 1 is 1.26 bits per heavy atom. The van der Waals surface area contributed by atoms with Crippen molar-refractivity contribution in [2.24, 2.45) is 0 Å². The quantitative estimate of drug-likeness (QED) is 0.607. The molecule has 1 aromatic heterocycles. The first-order valence-electron chi connectivity index (χ1n) is 8.07. The van der Waals surface area contributed by atoms with Crippen LogP contribution in [0.4, 0.5) is 4.39 Å². The Hall–Kier alpha value is -2.29. The van der Waals surface area contributed by atoms with E-state index in [4.69, 9.17) is 16.3 Å². The SMILES string of the molecule is CS(=O)(=O)c1ncnn1C[C@@]1(c2cccc(F)c2)O[C@H]1c1ccccc1Cl. The average Bonchev–Trinajstić information content (AvgIpc) is 3.12. The molecule has 1 fully saturated rings. The predicted octanol–water partition coefficient (Wildman–Crippen LogP) is 3.14. The van der Waals surface area contributed by atoms with Gasteiger partial charge >= 0.3 is 0 Å². The lowest BCUT2D eigenvalue weighted by Crippen LogP contribution is -2.23. The molecule has 6 nitrogen and oxygen atoms in total. The number of epoxide rings is 1. The topological polar surface area (TPSA) is 77.4 Å². The van der Waals surface area contributed by atoms with Crippen LogP contribution >= 0.6 is 11.6 Å². The van der Waals surface area contributed by atoms with E-state index in [2.05, 4.69) is 10.1 Å². The Morgan fingerprint density at radius 3 is 2.74 bits per heavy atom. The lowest BCUT2D eigenvalue weighted by molar-refractivity contribution is 0.255. The van der Waals surface area contributed by atoms with E-state index in [9.17, 15) is 12.8 Å². The number of halogens is 2. The van der Waals surface area contributed by atoms with Crippen molar-refractivity contribution in [3.63, 3.8) is 0 Å². The van der Waals surface area contributed by atoms with Crippen molar-refractivity contribution in [1.29, 1.82) is 0 Å². The van der Waals surface area contributed by atoms with Gasteiger partial charge in [-0.2, -0.15) is 5.10 Å². The second-order valence-corrected chi connectivity index (χ2v) is 8.71. The summed E-state index contributed by atoms with van der Waals surface area (Å²) >= 11 is 6.31. The van der Waals surface area contributed by atoms with Crippen molar-refractivity contribution in [1.82, 2.24) is 14.8 Å². The highest BCUT2D eigenvalue weighted by Gasteiger charge is 2.60. The van der Waals surface area contributed by atoms with Gasteiger partial charge in [0, 0.05) is 16.8 Å². The van der Waals surface area contributed by atoms with Crippen LogP contribution in [0.1, 0.15) is 17.2 Å². The van der Waals surface area contributed by atoms with Crippen molar-refractivity contribution >= 4 is 21.4 Å². The number of aromatic nitrogens is 3. The van der Waals surface area contributed by atoms with Gasteiger partial charge < -0.3 is 4.74 Å². The Kier molecular flexibility index (Phi) is 4.29. The maximum Gasteiger partial charge on any atom is 0.245 e. The monoisotopic (exact) mass is 407 g/mol. The normalized spacial score (nSPS) is 22.0. The van der Waals surface area contributed by atoms with E-state index in [1.165, 1.54) is 23.1 Å².